The Kier molecular flexibility index (Phi) is 3.24. The molecule has 0 amide bonds. The van der Waals surface area contributed by atoms with Gasteiger partial charge in [0, 0.05) is 5.69 Å². The number of hydrogen-bond donors (Lipinski definition) is 1. The second kappa shape index (κ2) is 4.24. The van der Waals surface area contributed by atoms with Crippen molar-refractivity contribution in [3.8, 4) is 0 Å². The zero-order valence-corrected chi connectivity index (χ0v) is 7.36. The van der Waals surface area contributed by atoms with Gasteiger partial charge >= 0.3 is 0 Å². The summed E-state index contributed by atoms with van der Waals surface area (Å²) in [6.07, 6.45) is 1.08. The Hall–Kier alpha value is -0.690. The minimum absolute atomic E-state index is 0.464. The molecule has 0 radical (unpaired) electrons. The maximum absolute atomic E-state index is 5.50. The van der Waals surface area contributed by atoms with Crippen LogP contribution >= 0.6 is 11.6 Å². The summed E-state index contributed by atoms with van der Waals surface area (Å²) in [6, 6.07) is 8.76. The fourth-order valence-electron chi connectivity index (χ4n) is 0.935. The highest BCUT2D eigenvalue weighted by Gasteiger charge is 1.89. The van der Waals surface area contributed by atoms with Gasteiger partial charge in [0.15, 0.2) is 0 Å². The second-order valence-electron chi connectivity index (χ2n) is 2.36. The van der Waals surface area contributed by atoms with Gasteiger partial charge in [0.25, 0.3) is 0 Å². The van der Waals surface area contributed by atoms with Crippen molar-refractivity contribution in [3.05, 3.63) is 29.8 Å². The number of alkyl halides is 1. The smallest absolute Gasteiger partial charge is 0.0901 e. The van der Waals surface area contributed by atoms with E-state index in [0.717, 1.165) is 12.1 Å². The first-order valence-electron chi connectivity index (χ1n) is 3.75. The highest BCUT2D eigenvalue weighted by atomic mass is 35.5. The fraction of sp³-hybridized carbons (Fsp3) is 0.333. The molecule has 1 aromatic rings. The third-order valence-corrected chi connectivity index (χ3v) is 1.77. The molecule has 1 nitrogen and oxygen atoms in total. The van der Waals surface area contributed by atoms with Crippen LogP contribution in [0.1, 0.15) is 12.5 Å². The largest absolute Gasteiger partial charge is 0.372 e. The highest BCUT2D eigenvalue weighted by molar-refractivity contribution is 6.18. The first kappa shape index (κ1) is 8.41. The molecule has 0 saturated heterocycles. The van der Waals surface area contributed by atoms with E-state index < -0.39 is 0 Å². The van der Waals surface area contributed by atoms with Crippen molar-refractivity contribution in [1.29, 1.82) is 0 Å². The monoisotopic (exact) mass is 169 g/mol. The quantitative estimate of drug-likeness (QED) is 0.542. The third-order valence-electron chi connectivity index (χ3n) is 1.63. The number of nitrogens with one attached hydrogen (secondary N) is 1. The first-order valence-corrected chi connectivity index (χ1v) is 4.29. The van der Waals surface area contributed by atoms with Gasteiger partial charge in [-0.1, -0.05) is 19.1 Å². The van der Waals surface area contributed by atoms with Crippen molar-refractivity contribution < 1.29 is 0 Å². The number of anilines is 1. The van der Waals surface area contributed by atoms with Crippen molar-refractivity contribution in [2.75, 3.05) is 11.3 Å². The summed E-state index contributed by atoms with van der Waals surface area (Å²) in [4.78, 5) is 0. The number of rotatable bonds is 3. The first-order chi connectivity index (χ1) is 5.36. The van der Waals surface area contributed by atoms with Gasteiger partial charge in [-0.15, -0.1) is 11.6 Å². The molecule has 1 N–H and O–H groups in total. The van der Waals surface area contributed by atoms with Gasteiger partial charge < -0.3 is 5.32 Å². The minimum Gasteiger partial charge on any atom is -0.372 e. The maximum Gasteiger partial charge on any atom is 0.0901 e. The average Bonchev–Trinajstić information content (AvgIpc) is 2.07. The zero-order valence-electron chi connectivity index (χ0n) is 6.60. The van der Waals surface area contributed by atoms with Crippen LogP contribution in [0.4, 0.5) is 5.69 Å². The maximum atomic E-state index is 5.50. The normalized spacial score (nSPS) is 9.64. The van der Waals surface area contributed by atoms with Crippen molar-refractivity contribution >= 4 is 17.3 Å². The van der Waals surface area contributed by atoms with E-state index in [-0.39, 0.29) is 0 Å². The molecule has 0 bridgehead atoms. The highest BCUT2D eigenvalue weighted by Crippen LogP contribution is 2.09. The molecule has 0 atom stereocenters. The van der Waals surface area contributed by atoms with E-state index in [2.05, 4.69) is 24.4 Å². The molecule has 0 unspecified atom stereocenters. The summed E-state index contributed by atoms with van der Waals surface area (Å²) >= 11 is 5.50. The van der Waals surface area contributed by atoms with Crippen LogP contribution in [-0.2, 0) is 6.42 Å². The lowest BCUT2D eigenvalue weighted by Crippen LogP contribution is -1.93. The Morgan fingerprint density at radius 2 is 1.91 bits per heavy atom. The van der Waals surface area contributed by atoms with Crippen molar-refractivity contribution in [2.45, 2.75) is 13.3 Å². The Bertz CT molecular complexity index is 205. The molecule has 0 aliphatic carbocycles. The summed E-state index contributed by atoms with van der Waals surface area (Å²) in [7, 11) is 0. The molecule has 1 aromatic carbocycles. The molecule has 0 fully saturated rings. The van der Waals surface area contributed by atoms with Crippen LogP contribution in [0.2, 0.25) is 0 Å². The lowest BCUT2D eigenvalue weighted by molar-refractivity contribution is 1.14. The molecule has 0 spiro atoms. The van der Waals surface area contributed by atoms with Gasteiger partial charge in [-0.2, -0.15) is 0 Å². The van der Waals surface area contributed by atoms with Gasteiger partial charge in [0.1, 0.15) is 0 Å². The molecule has 60 valence electrons. The summed E-state index contributed by atoms with van der Waals surface area (Å²) in [5.41, 5.74) is 2.43. The van der Waals surface area contributed by atoms with Crippen molar-refractivity contribution in [2.24, 2.45) is 0 Å². The molecule has 1 rings (SSSR count). The third kappa shape index (κ3) is 2.43. The fourth-order valence-corrected chi connectivity index (χ4v) is 1.09. The number of benzene rings is 1. The van der Waals surface area contributed by atoms with Crippen LogP contribution in [0.5, 0.6) is 0 Å². The van der Waals surface area contributed by atoms with Gasteiger partial charge in [-0.25, -0.2) is 0 Å². The van der Waals surface area contributed by atoms with E-state index in [4.69, 9.17) is 11.6 Å². The SMILES string of the molecule is CCc1ccc(NCCl)cc1. The van der Waals surface area contributed by atoms with Gasteiger partial charge in [0.2, 0.25) is 0 Å². The van der Waals surface area contributed by atoms with Crippen LogP contribution in [0, 0.1) is 0 Å². The predicted octanol–water partition coefficient (Wildman–Crippen LogP) is 2.86. The molecule has 0 aliphatic rings. The molecule has 0 heterocycles. The zero-order chi connectivity index (χ0) is 8.10. The van der Waals surface area contributed by atoms with Gasteiger partial charge in [0.05, 0.1) is 6.00 Å². The Labute approximate surface area is 72.4 Å². The summed E-state index contributed by atoms with van der Waals surface area (Å²) < 4.78 is 0. The lowest BCUT2D eigenvalue weighted by Gasteiger charge is -2.01. The molecule has 0 aliphatic heterocycles. The van der Waals surface area contributed by atoms with E-state index >= 15 is 0 Å². The standard InChI is InChI=1S/C9H12ClN/c1-2-8-3-5-9(6-4-8)11-7-10/h3-6,11H,2,7H2,1H3. The minimum atomic E-state index is 0.464. The van der Waals surface area contributed by atoms with Crippen LogP contribution in [0.15, 0.2) is 24.3 Å². The number of hydrogen-bond acceptors (Lipinski definition) is 1. The van der Waals surface area contributed by atoms with E-state index in [9.17, 15) is 0 Å². The summed E-state index contributed by atoms with van der Waals surface area (Å²) in [5.74, 6) is 0. The van der Waals surface area contributed by atoms with Crippen molar-refractivity contribution in [1.82, 2.24) is 0 Å². The average molecular weight is 170 g/mol. The van der Waals surface area contributed by atoms with Gasteiger partial charge in [-0.05, 0) is 24.1 Å². The van der Waals surface area contributed by atoms with Gasteiger partial charge in [-0.3, -0.25) is 0 Å². The van der Waals surface area contributed by atoms with E-state index in [1.165, 1.54) is 5.56 Å². The molecule has 0 saturated carbocycles. The van der Waals surface area contributed by atoms with E-state index in [0.29, 0.717) is 6.00 Å². The Balaban J connectivity index is 2.66. The van der Waals surface area contributed by atoms with Crippen LogP contribution in [-0.4, -0.2) is 6.00 Å². The van der Waals surface area contributed by atoms with Crippen LogP contribution < -0.4 is 5.32 Å². The molecular formula is C9H12ClN. The lowest BCUT2D eigenvalue weighted by atomic mass is 10.1. The molecule has 0 aromatic heterocycles. The summed E-state index contributed by atoms with van der Waals surface area (Å²) in [6.45, 7) is 2.14. The van der Waals surface area contributed by atoms with Crippen molar-refractivity contribution in [3.63, 3.8) is 0 Å². The Morgan fingerprint density at radius 3 is 2.36 bits per heavy atom. The topological polar surface area (TPSA) is 12.0 Å². The number of halogens is 1. The van der Waals surface area contributed by atoms with E-state index in [1.807, 2.05) is 12.1 Å². The van der Waals surface area contributed by atoms with Crippen LogP contribution in [0.25, 0.3) is 0 Å². The molecular weight excluding hydrogens is 158 g/mol. The van der Waals surface area contributed by atoms with E-state index in [1.54, 1.807) is 0 Å². The predicted molar refractivity (Wildman–Crippen MR) is 50.2 cm³/mol. The molecule has 11 heavy (non-hydrogen) atoms. The Morgan fingerprint density at radius 1 is 1.27 bits per heavy atom. The summed E-state index contributed by atoms with van der Waals surface area (Å²) in [5, 5.41) is 3.02. The molecule has 2 heteroatoms. The second-order valence-corrected chi connectivity index (χ2v) is 2.63. The van der Waals surface area contributed by atoms with Crippen LogP contribution in [0.3, 0.4) is 0 Å². The number of aryl methyl sites for hydroxylation is 1.